The van der Waals surface area contributed by atoms with Crippen molar-refractivity contribution in [2.24, 2.45) is 0 Å². The van der Waals surface area contributed by atoms with Crippen molar-refractivity contribution in [3.8, 4) is 5.75 Å². The highest BCUT2D eigenvalue weighted by Crippen LogP contribution is 2.26. The van der Waals surface area contributed by atoms with Gasteiger partial charge in [-0.15, -0.1) is 0 Å². The van der Waals surface area contributed by atoms with E-state index in [-0.39, 0.29) is 25.0 Å². The molecular weight excluding hydrogens is 411 g/mol. The summed E-state index contributed by atoms with van der Waals surface area (Å²) in [5, 5.41) is 3.62. The number of amides is 2. The van der Waals surface area contributed by atoms with Crippen molar-refractivity contribution in [2.45, 2.75) is 40.3 Å². The Labute approximate surface area is 181 Å². The molecule has 2 rings (SSSR count). The van der Waals surface area contributed by atoms with Crippen LogP contribution in [0.3, 0.4) is 0 Å². The molecule has 5 nitrogen and oxygen atoms in total. The molecule has 2 aromatic rings. The summed E-state index contributed by atoms with van der Waals surface area (Å²) in [6.07, 6.45) is 0. The fourth-order valence-electron chi connectivity index (χ4n) is 3.00. The maximum Gasteiger partial charge on any atom is 0.261 e. The lowest BCUT2D eigenvalue weighted by Gasteiger charge is -2.29. The number of benzene rings is 2. The molecule has 0 aliphatic heterocycles. The first-order valence-electron chi connectivity index (χ1n) is 9.44. The van der Waals surface area contributed by atoms with Gasteiger partial charge in [0, 0.05) is 28.7 Å². The van der Waals surface area contributed by atoms with E-state index in [1.807, 2.05) is 39.0 Å². The normalized spacial score (nSPS) is 11.7. The van der Waals surface area contributed by atoms with Gasteiger partial charge in [-0.3, -0.25) is 9.59 Å². The first-order valence-corrected chi connectivity index (χ1v) is 10.2. The van der Waals surface area contributed by atoms with Crippen LogP contribution in [0.1, 0.15) is 30.5 Å². The smallest absolute Gasteiger partial charge is 0.261 e. The van der Waals surface area contributed by atoms with Crippen LogP contribution >= 0.6 is 23.2 Å². The van der Waals surface area contributed by atoms with Gasteiger partial charge in [0.2, 0.25) is 5.91 Å². The van der Waals surface area contributed by atoms with E-state index >= 15 is 0 Å². The van der Waals surface area contributed by atoms with Crippen LogP contribution in [0.4, 0.5) is 0 Å². The van der Waals surface area contributed by atoms with Crippen molar-refractivity contribution in [1.82, 2.24) is 10.2 Å². The maximum atomic E-state index is 13.0. The zero-order valence-electron chi connectivity index (χ0n) is 17.1. The minimum atomic E-state index is -0.711. The van der Waals surface area contributed by atoms with Crippen LogP contribution in [0.15, 0.2) is 36.4 Å². The molecule has 0 saturated carbocycles. The average Bonchev–Trinajstić information content (AvgIpc) is 2.65. The van der Waals surface area contributed by atoms with Gasteiger partial charge in [-0.25, -0.2) is 0 Å². The molecule has 0 saturated heterocycles. The molecule has 0 aromatic heterocycles. The van der Waals surface area contributed by atoms with E-state index in [0.717, 1.165) is 11.1 Å². The number of rotatable bonds is 8. The van der Waals surface area contributed by atoms with Gasteiger partial charge in [-0.1, -0.05) is 35.3 Å². The van der Waals surface area contributed by atoms with E-state index in [1.54, 1.807) is 25.1 Å². The van der Waals surface area contributed by atoms with Gasteiger partial charge in [0.1, 0.15) is 11.8 Å². The molecule has 0 aliphatic carbocycles. The van der Waals surface area contributed by atoms with Crippen molar-refractivity contribution >= 4 is 35.0 Å². The van der Waals surface area contributed by atoms with E-state index in [4.69, 9.17) is 27.9 Å². The van der Waals surface area contributed by atoms with Gasteiger partial charge < -0.3 is 15.0 Å². The summed E-state index contributed by atoms with van der Waals surface area (Å²) in [5.41, 5.74) is 2.68. The van der Waals surface area contributed by atoms with E-state index in [1.165, 1.54) is 4.90 Å². The Morgan fingerprint density at radius 2 is 1.69 bits per heavy atom. The number of aryl methyl sites for hydroxylation is 2. The van der Waals surface area contributed by atoms with Crippen LogP contribution in [0.5, 0.6) is 5.75 Å². The zero-order valence-corrected chi connectivity index (χ0v) is 18.6. The number of hydrogen-bond acceptors (Lipinski definition) is 3. The van der Waals surface area contributed by atoms with Crippen LogP contribution in [0.2, 0.25) is 10.0 Å². The Morgan fingerprint density at radius 3 is 2.24 bits per heavy atom. The SMILES string of the molecule is CCNC(=O)C(C)N(Cc1c(Cl)cccc1Cl)C(=O)COc1cc(C)cc(C)c1. The third-order valence-corrected chi connectivity index (χ3v) is 5.17. The highest BCUT2D eigenvalue weighted by atomic mass is 35.5. The predicted octanol–water partition coefficient (Wildman–Crippen LogP) is 4.54. The summed E-state index contributed by atoms with van der Waals surface area (Å²) < 4.78 is 5.71. The van der Waals surface area contributed by atoms with E-state index in [9.17, 15) is 9.59 Å². The van der Waals surface area contributed by atoms with Gasteiger partial charge in [0.05, 0.1) is 0 Å². The first-order chi connectivity index (χ1) is 13.7. The highest BCUT2D eigenvalue weighted by Gasteiger charge is 2.27. The van der Waals surface area contributed by atoms with E-state index in [0.29, 0.717) is 27.9 Å². The minimum absolute atomic E-state index is 0.103. The highest BCUT2D eigenvalue weighted by molar-refractivity contribution is 6.36. The van der Waals surface area contributed by atoms with Crippen LogP contribution in [-0.2, 0) is 16.1 Å². The molecule has 156 valence electrons. The van der Waals surface area contributed by atoms with Crippen molar-refractivity contribution in [1.29, 1.82) is 0 Å². The lowest BCUT2D eigenvalue weighted by Crippen LogP contribution is -2.49. The lowest BCUT2D eigenvalue weighted by atomic mass is 10.1. The lowest BCUT2D eigenvalue weighted by molar-refractivity contribution is -0.142. The Bertz CT molecular complexity index is 846. The van der Waals surface area contributed by atoms with Gasteiger partial charge in [0.25, 0.3) is 5.91 Å². The summed E-state index contributed by atoms with van der Waals surface area (Å²) in [6, 6.07) is 10.2. The third-order valence-electron chi connectivity index (χ3n) is 4.47. The van der Waals surface area contributed by atoms with Gasteiger partial charge in [-0.2, -0.15) is 0 Å². The van der Waals surface area contributed by atoms with E-state index in [2.05, 4.69) is 5.32 Å². The molecule has 1 N–H and O–H groups in total. The topological polar surface area (TPSA) is 58.6 Å². The summed E-state index contributed by atoms with van der Waals surface area (Å²) in [5.74, 6) is 0.0200. The summed E-state index contributed by atoms with van der Waals surface area (Å²) >= 11 is 12.6. The molecule has 0 heterocycles. The van der Waals surface area contributed by atoms with Gasteiger partial charge in [-0.05, 0) is 63.1 Å². The molecule has 1 atom stereocenters. The predicted molar refractivity (Wildman–Crippen MR) is 117 cm³/mol. The largest absolute Gasteiger partial charge is 0.484 e. The second kappa shape index (κ2) is 10.5. The second-order valence-corrected chi connectivity index (χ2v) is 7.72. The fraction of sp³-hybridized carbons (Fsp3) is 0.364. The van der Waals surface area contributed by atoms with Crippen molar-refractivity contribution < 1.29 is 14.3 Å². The molecule has 0 fully saturated rings. The summed E-state index contributed by atoms with van der Waals surface area (Å²) in [6.45, 7) is 7.79. The summed E-state index contributed by atoms with van der Waals surface area (Å²) in [4.78, 5) is 26.8. The fourth-order valence-corrected chi connectivity index (χ4v) is 3.52. The number of nitrogens with zero attached hydrogens (tertiary/aromatic N) is 1. The van der Waals surface area contributed by atoms with Gasteiger partial charge >= 0.3 is 0 Å². The van der Waals surface area contributed by atoms with Gasteiger partial charge in [0.15, 0.2) is 6.61 Å². The molecule has 29 heavy (non-hydrogen) atoms. The van der Waals surface area contributed by atoms with E-state index < -0.39 is 6.04 Å². The molecular formula is C22H26Cl2N2O3. The number of carbonyl (C=O) groups excluding carboxylic acids is 2. The number of likely N-dealkylation sites (N-methyl/N-ethyl adjacent to an activating group) is 1. The number of nitrogens with one attached hydrogen (secondary N) is 1. The van der Waals surface area contributed by atoms with Crippen molar-refractivity contribution in [3.05, 3.63) is 63.1 Å². The molecule has 0 bridgehead atoms. The van der Waals surface area contributed by atoms with Crippen LogP contribution in [0, 0.1) is 13.8 Å². The third kappa shape index (κ3) is 6.38. The Morgan fingerprint density at radius 1 is 1.10 bits per heavy atom. The number of hydrogen-bond donors (Lipinski definition) is 1. The Kier molecular flexibility index (Phi) is 8.35. The zero-order chi connectivity index (χ0) is 21.6. The molecule has 0 aliphatic rings. The molecule has 0 radical (unpaired) electrons. The molecule has 2 amide bonds. The monoisotopic (exact) mass is 436 g/mol. The number of carbonyl (C=O) groups is 2. The Balaban J connectivity index is 2.23. The number of ether oxygens (including phenoxy) is 1. The standard InChI is InChI=1S/C22H26Cl2N2O3/c1-5-25-22(28)16(4)26(12-18-19(23)7-6-8-20(18)24)21(27)13-29-17-10-14(2)9-15(3)11-17/h6-11,16H,5,12-13H2,1-4H3,(H,25,28). The van der Waals surface area contributed by atoms with Crippen molar-refractivity contribution in [3.63, 3.8) is 0 Å². The van der Waals surface area contributed by atoms with Crippen LogP contribution in [0.25, 0.3) is 0 Å². The molecule has 0 spiro atoms. The van der Waals surface area contributed by atoms with Crippen molar-refractivity contribution in [2.75, 3.05) is 13.2 Å². The molecule has 2 aromatic carbocycles. The second-order valence-electron chi connectivity index (χ2n) is 6.90. The number of halogens is 2. The van der Waals surface area contributed by atoms with Crippen LogP contribution < -0.4 is 10.1 Å². The average molecular weight is 437 g/mol. The molecule has 7 heteroatoms. The van der Waals surface area contributed by atoms with Crippen LogP contribution in [-0.4, -0.2) is 35.9 Å². The Hall–Kier alpha value is -2.24. The first kappa shape index (κ1) is 23.0. The minimum Gasteiger partial charge on any atom is -0.484 e. The molecule has 1 unspecified atom stereocenters. The maximum absolute atomic E-state index is 13.0. The quantitative estimate of drug-likeness (QED) is 0.660. The summed E-state index contributed by atoms with van der Waals surface area (Å²) in [7, 11) is 0.